The number of nitrogens with zero attached hydrogens (tertiary/aromatic N) is 1. The van der Waals surface area contributed by atoms with Gasteiger partial charge >= 0.3 is 0 Å². The molecule has 2 fully saturated rings. The fourth-order valence-corrected chi connectivity index (χ4v) is 4.67. The number of hydrogen-bond donors (Lipinski definition) is 2. The summed E-state index contributed by atoms with van der Waals surface area (Å²) in [4.78, 5) is 29.1. The van der Waals surface area contributed by atoms with E-state index in [1.807, 2.05) is 12.1 Å². The van der Waals surface area contributed by atoms with E-state index in [-0.39, 0.29) is 17.9 Å². The lowest BCUT2D eigenvalue weighted by Gasteiger charge is -2.30. The molecule has 5 nitrogen and oxygen atoms in total. The van der Waals surface area contributed by atoms with Crippen molar-refractivity contribution in [1.82, 2.24) is 10.3 Å². The fourth-order valence-electron chi connectivity index (χ4n) is 3.53. The quantitative estimate of drug-likeness (QED) is 0.792. The number of nitrogens with one attached hydrogen (secondary N) is 2. The maximum Gasteiger partial charge on any atom is 0.285 e. The van der Waals surface area contributed by atoms with Crippen molar-refractivity contribution in [3.05, 3.63) is 29.3 Å². The van der Waals surface area contributed by atoms with E-state index in [0.717, 1.165) is 31.4 Å². The van der Waals surface area contributed by atoms with Crippen molar-refractivity contribution in [2.24, 2.45) is 0 Å². The van der Waals surface area contributed by atoms with Crippen LogP contribution in [0, 0.1) is 0 Å². The molecule has 1 aromatic heterocycles. The molecule has 4 rings (SSSR count). The van der Waals surface area contributed by atoms with Crippen LogP contribution < -0.4 is 10.2 Å². The molecule has 0 saturated carbocycles. The molecule has 0 radical (unpaired) electrons. The lowest BCUT2D eigenvalue weighted by atomic mass is 9.96. The Labute approximate surface area is 132 Å². The lowest BCUT2D eigenvalue weighted by Crippen LogP contribution is -3.17. The predicted molar refractivity (Wildman–Crippen MR) is 83.8 cm³/mol. The molecule has 22 heavy (non-hydrogen) atoms. The highest BCUT2D eigenvalue weighted by Crippen LogP contribution is 2.31. The van der Waals surface area contributed by atoms with Crippen molar-refractivity contribution in [2.45, 2.75) is 31.2 Å². The van der Waals surface area contributed by atoms with Gasteiger partial charge in [-0.2, -0.15) is 0 Å². The molecule has 0 aliphatic carbocycles. The van der Waals surface area contributed by atoms with Crippen LogP contribution in [-0.4, -0.2) is 35.9 Å². The Bertz CT molecular complexity index is 701. The van der Waals surface area contributed by atoms with Crippen molar-refractivity contribution >= 4 is 33.4 Å². The molecule has 0 spiro atoms. The first kappa shape index (κ1) is 13.8. The van der Waals surface area contributed by atoms with Crippen molar-refractivity contribution in [3.63, 3.8) is 0 Å². The molecule has 2 amide bonds. The third-order valence-corrected chi connectivity index (χ3v) is 5.95. The largest absolute Gasteiger partial charge is 0.324 e. The molecule has 2 saturated heterocycles. The van der Waals surface area contributed by atoms with Gasteiger partial charge in [0, 0.05) is 18.8 Å². The molecule has 2 aliphatic heterocycles. The Morgan fingerprint density at radius 3 is 2.64 bits per heavy atom. The zero-order valence-electron chi connectivity index (χ0n) is 12.2. The Morgan fingerprint density at radius 1 is 1.18 bits per heavy atom. The second-order valence-electron chi connectivity index (χ2n) is 6.12. The lowest BCUT2D eigenvalue weighted by molar-refractivity contribution is -0.920. The van der Waals surface area contributed by atoms with Crippen LogP contribution in [0.4, 0.5) is 0 Å². The molecular weight excluding hydrogens is 298 g/mol. The van der Waals surface area contributed by atoms with Gasteiger partial charge in [-0.3, -0.25) is 14.9 Å². The van der Waals surface area contributed by atoms with Crippen molar-refractivity contribution in [3.8, 4) is 0 Å². The van der Waals surface area contributed by atoms with Gasteiger partial charge in [0.2, 0.25) is 5.91 Å². The number of carbonyl (C=O) groups is 2. The number of rotatable bonds is 2. The first-order valence-corrected chi connectivity index (χ1v) is 8.56. The van der Waals surface area contributed by atoms with Crippen LogP contribution in [0.5, 0.6) is 0 Å². The maximum atomic E-state index is 11.8. The third-order valence-electron chi connectivity index (χ3n) is 4.75. The average Bonchev–Trinajstić information content (AvgIpc) is 3.10. The standard InChI is InChI=1S/C16H17N3O2S/c20-14-9-12(15(21)18-14)19-7-5-10(6-8-19)16-17-11-3-1-2-4-13(11)22-16/h1-4,10,12H,5-9H2,(H,18,20,21)/p+1. The van der Waals surface area contributed by atoms with Crippen LogP contribution >= 0.6 is 11.3 Å². The monoisotopic (exact) mass is 316 g/mol. The van der Waals surface area contributed by atoms with Crippen LogP contribution in [0.25, 0.3) is 10.2 Å². The minimum absolute atomic E-state index is 0.0987. The van der Waals surface area contributed by atoms with Gasteiger partial charge < -0.3 is 4.90 Å². The number of amides is 2. The highest BCUT2D eigenvalue weighted by Gasteiger charge is 2.40. The maximum absolute atomic E-state index is 11.8. The van der Waals surface area contributed by atoms with Gasteiger partial charge in [0.05, 0.1) is 34.7 Å². The van der Waals surface area contributed by atoms with E-state index in [1.165, 1.54) is 14.6 Å². The number of fused-ring (bicyclic) bond motifs is 1. The first-order valence-electron chi connectivity index (χ1n) is 7.74. The topological polar surface area (TPSA) is 63.5 Å². The molecule has 1 unspecified atom stereocenters. The molecule has 6 heteroatoms. The Hall–Kier alpha value is -1.79. The van der Waals surface area contributed by atoms with E-state index in [0.29, 0.717) is 12.3 Å². The Morgan fingerprint density at radius 2 is 1.95 bits per heavy atom. The molecular formula is C16H18N3O2S+. The minimum atomic E-state index is -0.177. The second kappa shape index (κ2) is 5.44. The first-order chi connectivity index (χ1) is 10.7. The minimum Gasteiger partial charge on any atom is -0.324 e. The summed E-state index contributed by atoms with van der Waals surface area (Å²) in [5.41, 5.74) is 1.08. The molecule has 0 bridgehead atoms. The Balaban J connectivity index is 1.45. The highest BCUT2D eigenvalue weighted by molar-refractivity contribution is 7.18. The van der Waals surface area contributed by atoms with E-state index in [2.05, 4.69) is 17.4 Å². The van der Waals surface area contributed by atoms with Gasteiger partial charge in [0.15, 0.2) is 6.04 Å². The van der Waals surface area contributed by atoms with Crippen LogP contribution in [0.15, 0.2) is 24.3 Å². The number of carbonyl (C=O) groups excluding carboxylic acids is 2. The predicted octanol–water partition coefficient (Wildman–Crippen LogP) is 0.474. The van der Waals surface area contributed by atoms with Gasteiger partial charge in [0.25, 0.3) is 5.91 Å². The summed E-state index contributed by atoms with van der Waals surface area (Å²) in [6.07, 6.45) is 2.42. The molecule has 2 aliphatic rings. The summed E-state index contributed by atoms with van der Waals surface area (Å²) in [5.74, 6) is 0.260. The van der Waals surface area contributed by atoms with Gasteiger partial charge in [-0.15, -0.1) is 11.3 Å². The van der Waals surface area contributed by atoms with Crippen molar-refractivity contribution in [2.75, 3.05) is 13.1 Å². The van der Waals surface area contributed by atoms with E-state index < -0.39 is 0 Å². The van der Waals surface area contributed by atoms with Crippen LogP contribution in [0.3, 0.4) is 0 Å². The van der Waals surface area contributed by atoms with Gasteiger partial charge in [-0.05, 0) is 12.1 Å². The smallest absolute Gasteiger partial charge is 0.285 e. The zero-order valence-corrected chi connectivity index (χ0v) is 13.0. The molecule has 114 valence electrons. The normalized spacial score (nSPS) is 29.0. The number of thiazole rings is 1. The summed E-state index contributed by atoms with van der Waals surface area (Å²) in [5, 5.41) is 3.63. The number of para-hydroxylation sites is 1. The van der Waals surface area contributed by atoms with E-state index >= 15 is 0 Å². The third kappa shape index (κ3) is 2.42. The van der Waals surface area contributed by atoms with Crippen LogP contribution in [0.1, 0.15) is 30.2 Å². The summed E-state index contributed by atoms with van der Waals surface area (Å²) in [6, 6.07) is 8.07. The molecule has 3 heterocycles. The fraction of sp³-hybridized carbons (Fsp3) is 0.438. The number of hydrogen-bond acceptors (Lipinski definition) is 4. The highest BCUT2D eigenvalue weighted by atomic mass is 32.1. The van der Waals surface area contributed by atoms with E-state index in [1.54, 1.807) is 11.3 Å². The number of imide groups is 1. The summed E-state index contributed by atoms with van der Waals surface area (Å²) < 4.78 is 1.24. The summed E-state index contributed by atoms with van der Waals surface area (Å²) in [6.45, 7) is 1.87. The summed E-state index contributed by atoms with van der Waals surface area (Å²) >= 11 is 1.78. The molecule has 2 N–H and O–H groups in total. The number of likely N-dealkylation sites (tertiary alicyclic amines) is 1. The number of benzene rings is 1. The average molecular weight is 316 g/mol. The number of aromatic nitrogens is 1. The van der Waals surface area contributed by atoms with Crippen molar-refractivity contribution in [1.29, 1.82) is 0 Å². The van der Waals surface area contributed by atoms with E-state index in [9.17, 15) is 9.59 Å². The summed E-state index contributed by atoms with van der Waals surface area (Å²) in [7, 11) is 0. The second-order valence-corrected chi connectivity index (χ2v) is 7.18. The SMILES string of the molecule is O=C1CC([NH+]2CCC(c3nc4ccccc4s3)CC2)C(=O)N1. The number of quaternary nitrogens is 1. The Kier molecular flexibility index (Phi) is 3.43. The van der Waals surface area contributed by atoms with Gasteiger partial charge in [0.1, 0.15) is 0 Å². The van der Waals surface area contributed by atoms with Gasteiger partial charge in [-0.25, -0.2) is 4.98 Å². The van der Waals surface area contributed by atoms with E-state index in [4.69, 9.17) is 4.98 Å². The van der Waals surface area contributed by atoms with Crippen LogP contribution in [0.2, 0.25) is 0 Å². The zero-order chi connectivity index (χ0) is 15.1. The van der Waals surface area contributed by atoms with Crippen molar-refractivity contribution < 1.29 is 14.5 Å². The number of piperidine rings is 1. The van der Waals surface area contributed by atoms with Crippen LogP contribution in [-0.2, 0) is 9.59 Å². The molecule has 1 atom stereocenters. The molecule has 1 aromatic carbocycles. The van der Waals surface area contributed by atoms with Gasteiger partial charge in [-0.1, -0.05) is 12.1 Å². The molecule has 2 aromatic rings.